The molecule has 0 bridgehead atoms. The summed E-state index contributed by atoms with van der Waals surface area (Å²) >= 11 is 3.41. The summed E-state index contributed by atoms with van der Waals surface area (Å²) in [6.45, 7) is 3.92. The summed E-state index contributed by atoms with van der Waals surface area (Å²) < 4.78 is 3.94. The Morgan fingerprint density at radius 2 is 2.21 bits per heavy atom. The van der Waals surface area contributed by atoms with Crippen LogP contribution in [0, 0.1) is 17.0 Å². The van der Waals surface area contributed by atoms with Gasteiger partial charge >= 0.3 is 5.82 Å². The topological polar surface area (TPSA) is 99.1 Å². The number of aryl methyl sites for hydroxylation is 2. The number of halogens is 1. The predicted octanol–water partition coefficient (Wildman–Crippen LogP) is 2.21. The number of nitro groups is 1. The van der Waals surface area contributed by atoms with E-state index >= 15 is 0 Å². The van der Waals surface area contributed by atoms with Crippen LogP contribution in [0.3, 0.4) is 0 Å². The molecule has 0 aliphatic rings. The molecule has 0 saturated carbocycles. The summed E-state index contributed by atoms with van der Waals surface area (Å²) in [5, 5.41) is 19.0. The van der Waals surface area contributed by atoms with Crippen LogP contribution >= 0.6 is 15.9 Å². The van der Waals surface area contributed by atoms with E-state index in [2.05, 4.69) is 26.1 Å². The van der Waals surface area contributed by atoms with Crippen LogP contribution in [0.25, 0.3) is 0 Å². The molecule has 1 amide bonds. The molecule has 2 aromatic rings. The van der Waals surface area contributed by atoms with Crippen molar-refractivity contribution >= 4 is 27.7 Å². The van der Waals surface area contributed by atoms with Gasteiger partial charge in [-0.15, -0.1) is 0 Å². The maximum Gasteiger partial charge on any atom is 0.390 e. The summed E-state index contributed by atoms with van der Waals surface area (Å²) in [6.07, 6.45) is 2.15. The quantitative estimate of drug-likeness (QED) is 0.548. The SMILES string of the molecule is CCC(C(=O)N(C)Cc1c(Br)cnn1C)n1nc([N+](=O)[O-])cc1C. The van der Waals surface area contributed by atoms with E-state index in [9.17, 15) is 14.9 Å². The fourth-order valence-electron chi connectivity index (χ4n) is 2.50. The molecule has 10 heteroatoms. The van der Waals surface area contributed by atoms with Crippen molar-refractivity contribution in [3.05, 3.63) is 38.2 Å². The van der Waals surface area contributed by atoms with Crippen molar-refractivity contribution in [2.45, 2.75) is 32.9 Å². The summed E-state index contributed by atoms with van der Waals surface area (Å²) in [5.74, 6) is -0.414. The van der Waals surface area contributed by atoms with Gasteiger partial charge in [0.1, 0.15) is 0 Å². The largest absolute Gasteiger partial charge is 0.390 e. The predicted molar refractivity (Wildman–Crippen MR) is 90.3 cm³/mol. The summed E-state index contributed by atoms with van der Waals surface area (Å²) in [6, 6.07) is 0.781. The van der Waals surface area contributed by atoms with Gasteiger partial charge in [-0.2, -0.15) is 9.78 Å². The van der Waals surface area contributed by atoms with Gasteiger partial charge < -0.3 is 15.0 Å². The number of rotatable bonds is 6. The lowest BCUT2D eigenvalue weighted by Crippen LogP contribution is -2.35. The Morgan fingerprint density at radius 1 is 1.54 bits per heavy atom. The fourth-order valence-corrected chi connectivity index (χ4v) is 2.97. The fraction of sp³-hybridized carbons (Fsp3) is 0.500. The molecule has 0 N–H and O–H groups in total. The van der Waals surface area contributed by atoms with Gasteiger partial charge in [-0.1, -0.05) is 6.92 Å². The van der Waals surface area contributed by atoms with Crippen LogP contribution in [0.1, 0.15) is 30.8 Å². The minimum absolute atomic E-state index is 0.160. The van der Waals surface area contributed by atoms with Crippen molar-refractivity contribution < 1.29 is 9.72 Å². The average Bonchev–Trinajstić information content (AvgIpc) is 3.06. The third-order valence-electron chi connectivity index (χ3n) is 3.84. The Morgan fingerprint density at radius 3 is 2.67 bits per heavy atom. The van der Waals surface area contributed by atoms with E-state index < -0.39 is 11.0 Å². The molecule has 2 heterocycles. The zero-order valence-electron chi connectivity index (χ0n) is 13.9. The molecule has 0 spiro atoms. The molecule has 0 saturated heterocycles. The summed E-state index contributed by atoms with van der Waals surface area (Å²) in [7, 11) is 3.49. The second-order valence-electron chi connectivity index (χ2n) is 5.53. The van der Waals surface area contributed by atoms with E-state index in [4.69, 9.17) is 0 Å². The highest BCUT2D eigenvalue weighted by Crippen LogP contribution is 2.22. The lowest BCUT2D eigenvalue weighted by Gasteiger charge is -2.22. The first-order chi connectivity index (χ1) is 11.3. The van der Waals surface area contributed by atoms with Crippen molar-refractivity contribution in [1.29, 1.82) is 0 Å². The van der Waals surface area contributed by atoms with Gasteiger partial charge in [0.2, 0.25) is 5.91 Å². The number of hydrogen-bond acceptors (Lipinski definition) is 5. The van der Waals surface area contributed by atoms with Crippen molar-refractivity contribution in [2.75, 3.05) is 7.05 Å². The van der Waals surface area contributed by atoms with Crippen molar-refractivity contribution in [3.63, 3.8) is 0 Å². The molecule has 0 aromatic carbocycles. The molecular weight excluding hydrogens is 380 g/mol. The van der Waals surface area contributed by atoms with Crippen LogP contribution in [-0.4, -0.2) is 42.3 Å². The molecule has 9 nitrogen and oxygen atoms in total. The number of carbonyl (C=O) groups excluding carboxylic acids is 1. The Hall–Kier alpha value is -2.23. The van der Waals surface area contributed by atoms with E-state index in [-0.39, 0.29) is 11.7 Å². The van der Waals surface area contributed by atoms with Crippen LogP contribution in [0.2, 0.25) is 0 Å². The molecule has 24 heavy (non-hydrogen) atoms. The van der Waals surface area contributed by atoms with Crippen LogP contribution in [0.15, 0.2) is 16.7 Å². The van der Waals surface area contributed by atoms with Gasteiger partial charge in [0.25, 0.3) is 0 Å². The zero-order valence-corrected chi connectivity index (χ0v) is 15.5. The van der Waals surface area contributed by atoms with E-state index in [1.807, 2.05) is 6.92 Å². The molecule has 0 radical (unpaired) electrons. The zero-order chi connectivity index (χ0) is 18.0. The number of carbonyl (C=O) groups is 1. The molecule has 2 rings (SSSR count). The molecule has 0 aliphatic carbocycles. The number of likely N-dealkylation sites (N-methyl/N-ethyl adjacent to an activating group) is 1. The number of hydrogen-bond donors (Lipinski definition) is 0. The maximum atomic E-state index is 12.8. The molecule has 1 atom stereocenters. The molecule has 0 fully saturated rings. The minimum atomic E-state index is -0.587. The van der Waals surface area contributed by atoms with Crippen molar-refractivity contribution in [1.82, 2.24) is 24.5 Å². The lowest BCUT2D eigenvalue weighted by molar-refractivity contribution is -0.389. The standard InChI is InChI=1S/C14H19BrN6O3/c1-5-11(20-9(2)6-13(17-20)21(23)24)14(22)18(3)8-12-10(15)7-16-19(12)4/h6-7,11H,5,8H2,1-4H3. The number of amides is 1. The van der Waals surface area contributed by atoms with Gasteiger partial charge in [-0.3, -0.25) is 9.48 Å². The maximum absolute atomic E-state index is 12.8. The Balaban J connectivity index is 2.24. The van der Waals surface area contributed by atoms with Gasteiger partial charge in [-0.25, -0.2) is 0 Å². The molecule has 1 unspecified atom stereocenters. The van der Waals surface area contributed by atoms with Crippen molar-refractivity contribution in [3.8, 4) is 0 Å². The van der Waals surface area contributed by atoms with Crippen LogP contribution < -0.4 is 0 Å². The second-order valence-corrected chi connectivity index (χ2v) is 6.38. The van der Waals surface area contributed by atoms with Gasteiger partial charge in [0.15, 0.2) is 6.04 Å². The van der Waals surface area contributed by atoms with Gasteiger partial charge in [0, 0.05) is 14.1 Å². The van der Waals surface area contributed by atoms with Gasteiger partial charge in [0.05, 0.1) is 39.8 Å². The molecule has 130 valence electrons. The summed E-state index contributed by atoms with van der Waals surface area (Å²) in [5.41, 5.74) is 1.45. The van der Waals surface area contributed by atoms with Crippen molar-refractivity contribution in [2.24, 2.45) is 7.05 Å². The van der Waals surface area contributed by atoms with E-state index in [0.717, 1.165) is 10.2 Å². The smallest absolute Gasteiger partial charge is 0.358 e. The lowest BCUT2D eigenvalue weighted by atomic mass is 10.2. The van der Waals surface area contributed by atoms with Crippen LogP contribution in [0.4, 0.5) is 5.82 Å². The third kappa shape index (κ3) is 3.48. The highest BCUT2D eigenvalue weighted by Gasteiger charge is 2.29. The Bertz CT molecular complexity index is 749. The molecular formula is C14H19BrN6O3. The first-order valence-corrected chi connectivity index (χ1v) is 8.17. The minimum Gasteiger partial charge on any atom is -0.358 e. The van der Waals surface area contributed by atoms with E-state index in [1.165, 1.54) is 10.7 Å². The first-order valence-electron chi connectivity index (χ1n) is 7.38. The second kappa shape index (κ2) is 7.12. The number of nitrogens with zero attached hydrogens (tertiary/aromatic N) is 6. The van der Waals surface area contributed by atoms with Crippen LogP contribution in [0.5, 0.6) is 0 Å². The van der Waals surface area contributed by atoms with E-state index in [1.54, 1.807) is 36.8 Å². The van der Waals surface area contributed by atoms with Gasteiger partial charge in [-0.05, 0) is 34.2 Å². The summed E-state index contributed by atoms with van der Waals surface area (Å²) in [4.78, 5) is 24.7. The molecule has 2 aromatic heterocycles. The Kier molecular flexibility index (Phi) is 5.37. The monoisotopic (exact) mass is 398 g/mol. The van der Waals surface area contributed by atoms with E-state index in [0.29, 0.717) is 18.7 Å². The number of aromatic nitrogens is 4. The average molecular weight is 399 g/mol. The highest BCUT2D eigenvalue weighted by atomic mass is 79.9. The first kappa shape index (κ1) is 18.1. The van der Waals surface area contributed by atoms with Crippen LogP contribution in [-0.2, 0) is 18.4 Å². The molecule has 0 aliphatic heterocycles. The third-order valence-corrected chi connectivity index (χ3v) is 4.50. The Labute approximate surface area is 147 Å². The highest BCUT2D eigenvalue weighted by molar-refractivity contribution is 9.10. The normalized spacial score (nSPS) is 12.2.